The Kier molecular flexibility index (Phi) is 4.18. The van der Waals surface area contributed by atoms with Crippen LogP contribution in [0.2, 0.25) is 0 Å². The topological polar surface area (TPSA) is 33.3 Å². The molecule has 0 spiro atoms. The summed E-state index contributed by atoms with van der Waals surface area (Å²) in [5, 5.41) is 6.77. The highest BCUT2D eigenvalue weighted by Gasteiger charge is 2.14. The molecule has 2 rings (SSSR count). The molecule has 1 atom stereocenters. The fraction of sp³-hybridized carbons (Fsp3) is 0.833. The van der Waals surface area contributed by atoms with Gasteiger partial charge in [-0.25, -0.2) is 0 Å². The molecule has 2 aliphatic heterocycles. The molecule has 0 aromatic rings. The van der Waals surface area contributed by atoms with Gasteiger partial charge in [0.15, 0.2) is 0 Å². The Bertz CT molecular complexity index is 226. The minimum absolute atomic E-state index is 0.524. The van der Waals surface area contributed by atoms with Crippen LogP contribution in [0.4, 0.5) is 0 Å². The first-order chi connectivity index (χ1) is 7.36. The van der Waals surface area contributed by atoms with Crippen LogP contribution in [0, 0.1) is 0 Å². The zero-order valence-electron chi connectivity index (χ0n) is 9.64. The third-order valence-electron chi connectivity index (χ3n) is 3.34. The molecule has 2 fully saturated rings. The van der Waals surface area contributed by atoms with Gasteiger partial charge >= 0.3 is 0 Å². The van der Waals surface area contributed by atoms with E-state index >= 15 is 0 Å². The lowest BCUT2D eigenvalue weighted by molar-refractivity contribution is 0.104. The molecule has 0 aromatic carbocycles. The van der Waals surface area contributed by atoms with Crippen LogP contribution in [-0.2, 0) is 4.74 Å². The molecule has 0 bridgehead atoms. The summed E-state index contributed by atoms with van der Waals surface area (Å²) < 4.78 is 5.58. The zero-order valence-corrected chi connectivity index (χ0v) is 9.64. The first kappa shape index (κ1) is 11.1. The molecule has 3 nitrogen and oxygen atoms in total. The third kappa shape index (κ3) is 3.30. The Morgan fingerprint density at radius 3 is 3.00 bits per heavy atom. The summed E-state index contributed by atoms with van der Waals surface area (Å²) in [6.45, 7) is 7.53. The maximum atomic E-state index is 5.58. The maximum Gasteiger partial charge on any atom is 0.0588 e. The van der Waals surface area contributed by atoms with Gasteiger partial charge in [-0.1, -0.05) is 5.57 Å². The second-order valence-corrected chi connectivity index (χ2v) is 4.59. The number of hydrogen-bond acceptors (Lipinski definition) is 3. The maximum absolute atomic E-state index is 5.58. The second kappa shape index (κ2) is 5.64. The summed E-state index contributed by atoms with van der Waals surface area (Å²) in [5.41, 5.74) is 3.10. The molecule has 0 saturated carbocycles. The van der Waals surface area contributed by atoms with E-state index < -0.39 is 0 Å². The molecule has 0 radical (unpaired) electrons. The molecule has 0 aliphatic carbocycles. The largest absolute Gasteiger partial charge is 0.378 e. The normalized spacial score (nSPS) is 25.4. The van der Waals surface area contributed by atoms with E-state index in [0.717, 1.165) is 32.8 Å². The van der Waals surface area contributed by atoms with Crippen LogP contribution in [0.15, 0.2) is 11.1 Å². The number of ether oxygens (including phenoxy) is 1. The van der Waals surface area contributed by atoms with E-state index in [-0.39, 0.29) is 0 Å². The van der Waals surface area contributed by atoms with Crippen molar-refractivity contribution in [3.05, 3.63) is 11.1 Å². The van der Waals surface area contributed by atoms with Gasteiger partial charge in [0.1, 0.15) is 0 Å². The van der Waals surface area contributed by atoms with Crippen molar-refractivity contribution in [2.45, 2.75) is 32.3 Å². The number of nitrogens with one attached hydrogen (secondary N) is 2. The average Bonchev–Trinajstić information content (AvgIpc) is 2.62. The molecule has 2 heterocycles. The van der Waals surface area contributed by atoms with Crippen LogP contribution in [0.1, 0.15) is 26.2 Å². The Morgan fingerprint density at radius 2 is 2.40 bits per heavy atom. The van der Waals surface area contributed by atoms with E-state index in [9.17, 15) is 0 Å². The average molecular weight is 210 g/mol. The lowest BCUT2D eigenvalue weighted by Gasteiger charge is -2.22. The van der Waals surface area contributed by atoms with Crippen molar-refractivity contribution in [3.8, 4) is 0 Å². The smallest absolute Gasteiger partial charge is 0.0588 e. The molecule has 2 aliphatic rings. The van der Waals surface area contributed by atoms with Crippen LogP contribution in [0.5, 0.6) is 0 Å². The highest BCUT2D eigenvalue weighted by Crippen LogP contribution is 2.14. The van der Waals surface area contributed by atoms with Crippen molar-refractivity contribution in [1.82, 2.24) is 10.6 Å². The van der Waals surface area contributed by atoms with E-state index in [1.807, 2.05) is 0 Å². The fourth-order valence-electron chi connectivity index (χ4n) is 2.09. The molecule has 2 N–H and O–H groups in total. The highest BCUT2D eigenvalue weighted by atomic mass is 16.5. The van der Waals surface area contributed by atoms with E-state index in [2.05, 4.69) is 17.6 Å². The molecule has 2 saturated heterocycles. The van der Waals surface area contributed by atoms with Crippen LogP contribution < -0.4 is 10.6 Å². The minimum atomic E-state index is 0.524. The van der Waals surface area contributed by atoms with Crippen molar-refractivity contribution in [2.24, 2.45) is 0 Å². The van der Waals surface area contributed by atoms with Crippen molar-refractivity contribution in [1.29, 1.82) is 0 Å². The predicted molar refractivity (Wildman–Crippen MR) is 62.0 cm³/mol. The highest BCUT2D eigenvalue weighted by molar-refractivity contribution is 5.22. The summed E-state index contributed by atoms with van der Waals surface area (Å²) in [6, 6.07) is 0. The summed E-state index contributed by atoms with van der Waals surface area (Å²) in [7, 11) is 0. The molecule has 15 heavy (non-hydrogen) atoms. The first-order valence-corrected chi connectivity index (χ1v) is 6.07. The van der Waals surface area contributed by atoms with E-state index in [4.69, 9.17) is 4.74 Å². The lowest BCUT2D eigenvalue weighted by atomic mass is 10.0. The van der Waals surface area contributed by atoms with E-state index in [1.165, 1.54) is 24.8 Å². The van der Waals surface area contributed by atoms with Crippen molar-refractivity contribution >= 4 is 0 Å². The predicted octanol–water partition coefficient (Wildman–Crippen LogP) is 1.06. The summed E-state index contributed by atoms with van der Waals surface area (Å²) in [5.74, 6) is 0. The first-order valence-electron chi connectivity index (χ1n) is 6.07. The molecule has 86 valence electrons. The molecule has 1 unspecified atom stereocenters. The molecular formula is C12H22N2O. The summed E-state index contributed by atoms with van der Waals surface area (Å²) >= 11 is 0. The molecule has 0 aromatic heterocycles. The van der Waals surface area contributed by atoms with Crippen LogP contribution in [0.25, 0.3) is 0 Å². The summed E-state index contributed by atoms with van der Waals surface area (Å²) in [4.78, 5) is 0. The van der Waals surface area contributed by atoms with Gasteiger partial charge in [0, 0.05) is 26.2 Å². The van der Waals surface area contributed by atoms with Gasteiger partial charge in [-0.05, 0) is 38.3 Å². The Morgan fingerprint density at radius 1 is 1.53 bits per heavy atom. The van der Waals surface area contributed by atoms with Crippen LogP contribution >= 0.6 is 0 Å². The quantitative estimate of drug-likeness (QED) is 0.526. The third-order valence-corrected chi connectivity index (χ3v) is 3.34. The van der Waals surface area contributed by atoms with Gasteiger partial charge in [0.25, 0.3) is 0 Å². The standard InChI is InChI=1S/C12H22N2O/c1-10(11-8-14-9-11)7-13-5-4-12-3-2-6-15-12/h12-14H,2-9H2,1H3. The Hall–Kier alpha value is -0.380. The van der Waals surface area contributed by atoms with E-state index in [0.29, 0.717) is 6.10 Å². The second-order valence-electron chi connectivity index (χ2n) is 4.59. The Balaban J connectivity index is 1.54. The minimum Gasteiger partial charge on any atom is -0.378 e. The van der Waals surface area contributed by atoms with E-state index in [1.54, 1.807) is 5.57 Å². The number of rotatable bonds is 5. The van der Waals surface area contributed by atoms with Gasteiger partial charge in [-0.15, -0.1) is 0 Å². The van der Waals surface area contributed by atoms with Gasteiger partial charge in [0.05, 0.1) is 6.10 Å². The van der Waals surface area contributed by atoms with Crippen molar-refractivity contribution in [2.75, 3.05) is 32.8 Å². The van der Waals surface area contributed by atoms with Crippen LogP contribution in [0.3, 0.4) is 0 Å². The fourth-order valence-corrected chi connectivity index (χ4v) is 2.09. The molecular weight excluding hydrogens is 188 g/mol. The summed E-state index contributed by atoms with van der Waals surface area (Å²) in [6.07, 6.45) is 4.20. The van der Waals surface area contributed by atoms with Crippen LogP contribution in [-0.4, -0.2) is 38.9 Å². The zero-order chi connectivity index (χ0) is 10.5. The lowest BCUT2D eigenvalue weighted by Crippen LogP contribution is -2.36. The van der Waals surface area contributed by atoms with Gasteiger partial charge < -0.3 is 15.4 Å². The molecule has 0 amide bonds. The monoisotopic (exact) mass is 210 g/mol. The van der Waals surface area contributed by atoms with Crippen molar-refractivity contribution < 1.29 is 4.74 Å². The van der Waals surface area contributed by atoms with Gasteiger partial charge in [-0.3, -0.25) is 0 Å². The van der Waals surface area contributed by atoms with Gasteiger partial charge in [0.2, 0.25) is 0 Å². The van der Waals surface area contributed by atoms with Gasteiger partial charge in [-0.2, -0.15) is 0 Å². The molecule has 3 heteroatoms. The number of hydrogen-bond donors (Lipinski definition) is 2. The van der Waals surface area contributed by atoms with Crippen molar-refractivity contribution in [3.63, 3.8) is 0 Å². The Labute approximate surface area is 92.3 Å². The SMILES string of the molecule is CC(CNCCC1CCCO1)=C1CNC1.